The predicted molar refractivity (Wildman–Crippen MR) is 105 cm³/mol. The Morgan fingerprint density at radius 3 is 2.33 bits per heavy atom. The summed E-state index contributed by atoms with van der Waals surface area (Å²) in [7, 11) is -3.67. The van der Waals surface area contributed by atoms with Crippen molar-refractivity contribution in [3.8, 4) is 0 Å². The molecule has 3 aromatic rings. The second-order valence-corrected chi connectivity index (χ2v) is 8.26. The van der Waals surface area contributed by atoms with Gasteiger partial charge in [-0.05, 0) is 66.9 Å². The van der Waals surface area contributed by atoms with Gasteiger partial charge in [0.2, 0.25) is 10.0 Å². The van der Waals surface area contributed by atoms with Crippen LogP contribution < -0.4 is 10.0 Å². The van der Waals surface area contributed by atoms with Crippen LogP contribution >= 0.6 is 11.8 Å². The summed E-state index contributed by atoms with van der Waals surface area (Å²) in [5.41, 5.74) is 1.04. The Morgan fingerprint density at radius 2 is 1.74 bits per heavy atom. The number of nitrogens with one attached hydrogen (secondary N) is 2. The molecular formula is C19H18N2O4S2. The van der Waals surface area contributed by atoms with Crippen molar-refractivity contribution >= 4 is 33.4 Å². The fraction of sp³-hybridized carbons (Fsp3) is 0.105. The molecule has 140 valence electrons. The summed E-state index contributed by atoms with van der Waals surface area (Å²) in [6.07, 6.45) is 3.45. The Balaban J connectivity index is 1.64. The molecule has 2 aromatic carbocycles. The van der Waals surface area contributed by atoms with Gasteiger partial charge in [0.05, 0.1) is 17.7 Å². The molecule has 0 radical (unpaired) electrons. The van der Waals surface area contributed by atoms with E-state index in [1.54, 1.807) is 48.2 Å². The minimum atomic E-state index is -3.67. The number of benzene rings is 2. The maximum absolute atomic E-state index is 12.3. The predicted octanol–water partition coefficient (Wildman–Crippen LogP) is 3.73. The highest BCUT2D eigenvalue weighted by molar-refractivity contribution is 7.98. The van der Waals surface area contributed by atoms with Crippen LogP contribution in [-0.4, -0.2) is 20.6 Å². The molecule has 2 N–H and O–H groups in total. The summed E-state index contributed by atoms with van der Waals surface area (Å²) < 4.78 is 32.2. The van der Waals surface area contributed by atoms with Crippen LogP contribution in [0.2, 0.25) is 0 Å². The fourth-order valence-electron chi connectivity index (χ4n) is 2.33. The third kappa shape index (κ3) is 5.00. The van der Waals surface area contributed by atoms with Gasteiger partial charge in [0.15, 0.2) is 0 Å². The zero-order valence-electron chi connectivity index (χ0n) is 14.5. The second-order valence-electron chi connectivity index (χ2n) is 5.61. The number of anilines is 1. The molecule has 1 aromatic heterocycles. The lowest BCUT2D eigenvalue weighted by Gasteiger charge is -2.08. The van der Waals surface area contributed by atoms with Crippen LogP contribution in [0.1, 0.15) is 16.1 Å². The van der Waals surface area contributed by atoms with Gasteiger partial charge in [0.1, 0.15) is 5.76 Å². The first kappa shape index (κ1) is 19.2. The molecule has 0 aliphatic heterocycles. The molecule has 0 fully saturated rings. The van der Waals surface area contributed by atoms with E-state index >= 15 is 0 Å². The summed E-state index contributed by atoms with van der Waals surface area (Å²) in [5.74, 6) is 0.268. The summed E-state index contributed by atoms with van der Waals surface area (Å²) in [4.78, 5) is 13.5. The zero-order valence-corrected chi connectivity index (χ0v) is 16.1. The molecule has 3 rings (SSSR count). The van der Waals surface area contributed by atoms with Crippen LogP contribution in [0.15, 0.2) is 81.1 Å². The van der Waals surface area contributed by atoms with Crippen LogP contribution in [-0.2, 0) is 16.6 Å². The highest BCUT2D eigenvalue weighted by Gasteiger charge is 2.14. The topological polar surface area (TPSA) is 88.4 Å². The molecular weight excluding hydrogens is 384 g/mol. The molecule has 8 heteroatoms. The lowest BCUT2D eigenvalue weighted by molar-refractivity contribution is 0.102. The highest BCUT2D eigenvalue weighted by atomic mass is 32.2. The van der Waals surface area contributed by atoms with Crippen molar-refractivity contribution in [1.82, 2.24) is 4.72 Å². The molecule has 0 unspecified atom stereocenters. The van der Waals surface area contributed by atoms with Gasteiger partial charge in [-0.15, -0.1) is 11.8 Å². The van der Waals surface area contributed by atoms with Gasteiger partial charge in [-0.1, -0.05) is 0 Å². The number of hydrogen-bond donors (Lipinski definition) is 2. The summed E-state index contributed by atoms with van der Waals surface area (Å²) in [6.45, 7) is 0.0693. The van der Waals surface area contributed by atoms with E-state index in [9.17, 15) is 13.2 Å². The van der Waals surface area contributed by atoms with Crippen molar-refractivity contribution < 1.29 is 17.6 Å². The number of carbonyl (C=O) groups excluding carboxylic acids is 1. The Hall–Kier alpha value is -2.55. The molecule has 0 aliphatic rings. The minimum Gasteiger partial charge on any atom is -0.468 e. The maximum atomic E-state index is 12.3. The number of sulfonamides is 1. The first-order valence-corrected chi connectivity index (χ1v) is 10.8. The Bertz CT molecular complexity index is 997. The van der Waals surface area contributed by atoms with Crippen LogP contribution in [0.25, 0.3) is 0 Å². The SMILES string of the molecule is CSc1ccc(C(=O)Nc2ccc(S(=O)(=O)NCc3ccco3)cc2)cc1. The van der Waals surface area contributed by atoms with Gasteiger partial charge in [-0.2, -0.15) is 0 Å². The summed E-state index contributed by atoms with van der Waals surface area (Å²) >= 11 is 1.60. The number of rotatable bonds is 7. The molecule has 1 amide bonds. The molecule has 27 heavy (non-hydrogen) atoms. The van der Waals surface area contributed by atoms with E-state index in [0.717, 1.165) is 4.90 Å². The normalized spacial score (nSPS) is 11.3. The molecule has 0 bridgehead atoms. The average Bonchev–Trinajstić information content (AvgIpc) is 3.21. The van der Waals surface area contributed by atoms with Gasteiger partial charge in [-0.25, -0.2) is 13.1 Å². The summed E-state index contributed by atoms with van der Waals surface area (Å²) in [5, 5.41) is 2.75. The Kier molecular flexibility index (Phi) is 6.00. The third-order valence-corrected chi connectivity index (χ3v) is 5.95. The quantitative estimate of drug-likeness (QED) is 0.588. The van der Waals surface area contributed by atoms with E-state index < -0.39 is 10.0 Å². The lowest BCUT2D eigenvalue weighted by Crippen LogP contribution is -2.23. The first-order valence-electron chi connectivity index (χ1n) is 8.05. The summed E-state index contributed by atoms with van der Waals surface area (Å²) in [6, 6.07) is 16.6. The van der Waals surface area contributed by atoms with Crippen LogP contribution in [0, 0.1) is 0 Å². The highest BCUT2D eigenvalue weighted by Crippen LogP contribution is 2.18. The van der Waals surface area contributed by atoms with Crippen molar-refractivity contribution in [1.29, 1.82) is 0 Å². The van der Waals surface area contributed by atoms with Gasteiger partial charge in [-0.3, -0.25) is 4.79 Å². The van der Waals surface area contributed by atoms with Gasteiger partial charge in [0.25, 0.3) is 5.91 Å². The molecule has 0 atom stereocenters. The molecule has 6 nitrogen and oxygen atoms in total. The van der Waals surface area contributed by atoms with Gasteiger partial charge < -0.3 is 9.73 Å². The minimum absolute atomic E-state index is 0.0693. The van der Waals surface area contributed by atoms with Crippen LogP contribution in [0.3, 0.4) is 0 Å². The zero-order chi connectivity index (χ0) is 19.3. The number of carbonyl (C=O) groups is 1. The fourth-order valence-corrected chi connectivity index (χ4v) is 3.73. The van der Waals surface area contributed by atoms with Crippen molar-refractivity contribution in [3.63, 3.8) is 0 Å². The number of hydrogen-bond acceptors (Lipinski definition) is 5. The number of thioether (sulfide) groups is 1. The Morgan fingerprint density at radius 1 is 1.04 bits per heavy atom. The number of amides is 1. The van der Waals surface area contributed by atoms with Crippen LogP contribution in [0.5, 0.6) is 0 Å². The van der Waals surface area contributed by atoms with E-state index in [2.05, 4.69) is 10.0 Å². The molecule has 0 aliphatic carbocycles. The van der Waals surface area contributed by atoms with E-state index in [0.29, 0.717) is 17.0 Å². The van der Waals surface area contributed by atoms with Crippen molar-refractivity contribution in [2.45, 2.75) is 16.3 Å². The first-order chi connectivity index (χ1) is 13.0. The van der Waals surface area contributed by atoms with E-state index in [-0.39, 0.29) is 17.3 Å². The number of furan rings is 1. The van der Waals surface area contributed by atoms with Gasteiger partial charge in [0, 0.05) is 16.1 Å². The third-order valence-electron chi connectivity index (χ3n) is 3.79. The monoisotopic (exact) mass is 402 g/mol. The van der Waals surface area contributed by atoms with E-state index in [1.165, 1.54) is 18.4 Å². The van der Waals surface area contributed by atoms with Crippen LogP contribution in [0.4, 0.5) is 5.69 Å². The molecule has 0 saturated carbocycles. The molecule has 0 spiro atoms. The Labute approximate surface area is 162 Å². The maximum Gasteiger partial charge on any atom is 0.255 e. The van der Waals surface area contributed by atoms with Crippen molar-refractivity contribution in [2.75, 3.05) is 11.6 Å². The average molecular weight is 402 g/mol. The van der Waals surface area contributed by atoms with Crippen molar-refractivity contribution in [2.24, 2.45) is 0 Å². The van der Waals surface area contributed by atoms with E-state index in [1.807, 2.05) is 18.4 Å². The lowest BCUT2D eigenvalue weighted by atomic mass is 10.2. The van der Waals surface area contributed by atoms with Crippen molar-refractivity contribution in [3.05, 3.63) is 78.3 Å². The molecule has 0 saturated heterocycles. The standard InChI is InChI=1S/C19H18N2O4S2/c1-26-17-8-4-14(5-9-17)19(22)21-15-6-10-18(11-7-15)27(23,24)20-13-16-3-2-12-25-16/h2-12,20H,13H2,1H3,(H,21,22). The smallest absolute Gasteiger partial charge is 0.255 e. The second kappa shape index (κ2) is 8.43. The van der Waals surface area contributed by atoms with E-state index in [4.69, 9.17) is 4.42 Å². The van der Waals surface area contributed by atoms with Gasteiger partial charge >= 0.3 is 0 Å². The molecule has 1 heterocycles. The largest absolute Gasteiger partial charge is 0.468 e.